The van der Waals surface area contributed by atoms with Crippen molar-refractivity contribution in [1.29, 1.82) is 10.5 Å². The lowest BCUT2D eigenvalue weighted by atomic mass is 9.94. The topological polar surface area (TPSA) is 97.9 Å². The maximum absolute atomic E-state index is 13.0. The van der Waals surface area contributed by atoms with Gasteiger partial charge >= 0.3 is 0 Å². The third-order valence-corrected chi connectivity index (χ3v) is 6.04. The van der Waals surface area contributed by atoms with Gasteiger partial charge in [0, 0.05) is 49.8 Å². The van der Waals surface area contributed by atoms with Crippen LogP contribution in [0.15, 0.2) is 12.1 Å². The van der Waals surface area contributed by atoms with Gasteiger partial charge in [-0.2, -0.15) is 10.5 Å². The number of aryl methyl sites for hydroxylation is 1. The summed E-state index contributed by atoms with van der Waals surface area (Å²) in [7, 11) is 0. The molecule has 0 spiro atoms. The highest BCUT2D eigenvalue weighted by atomic mass is 35.5. The molecular formula is C22H22ClFN6O. The molecule has 4 rings (SSSR count). The van der Waals surface area contributed by atoms with Gasteiger partial charge in [-0.15, -0.1) is 0 Å². The van der Waals surface area contributed by atoms with Gasteiger partial charge in [-0.25, -0.2) is 14.4 Å². The van der Waals surface area contributed by atoms with Gasteiger partial charge in [0.25, 0.3) is 0 Å². The third-order valence-electron chi connectivity index (χ3n) is 5.76. The van der Waals surface area contributed by atoms with Gasteiger partial charge in [-0.05, 0) is 24.5 Å². The fourth-order valence-corrected chi connectivity index (χ4v) is 4.23. The van der Waals surface area contributed by atoms with Crippen LogP contribution < -0.4 is 10.1 Å². The molecule has 31 heavy (non-hydrogen) atoms. The molecule has 0 aromatic carbocycles. The molecule has 0 unspecified atom stereocenters. The standard InChI is InChI=1S/C22H22ClFN6O/c1-13-14(2-3-20(28-13)31-16-8-15(24)9-16)11-30-7-4-17-18(10-26)21(23)29-22(19(17)12-30)27-6-5-25/h2-3,15-16H,4,6-9,11-12H2,1H3,(H,27,29)/t15-,16+. The Labute approximate surface area is 185 Å². The van der Waals surface area contributed by atoms with Gasteiger partial charge in [0.15, 0.2) is 0 Å². The highest BCUT2D eigenvalue weighted by Crippen LogP contribution is 2.32. The van der Waals surface area contributed by atoms with E-state index in [1.165, 1.54) is 0 Å². The van der Waals surface area contributed by atoms with Crippen LogP contribution in [0.2, 0.25) is 5.15 Å². The number of aromatic nitrogens is 2. The van der Waals surface area contributed by atoms with Crippen LogP contribution in [0.5, 0.6) is 5.88 Å². The molecule has 0 amide bonds. The summed E-state index contributed by atoms with van der Waals surface area (Å²) < 4.78 is 18.7. The lowest BCUT2D eigenvalue weighted by molar-refractivity contribution is 0.0376. The molecule has 0 saturated heterocycles. The van der Waals surface area contributed by atoms with E-state index in [2.05, 4.69) is 26.3 Å². The van der Waals surface area contributed by atoms with E-state index in [4.69, 9.17) is 21.6 Å². The molecule has 1 fully saturated rings. The number of ether oxygens (including phenoxy) is 1. The predicted molar refractivity (Wildman–Crippen MR) is 113 cm³/mol. The molecule has 7 nitrogen and oxygen atoms in total. The van der Waals surface area contributed by atoms with Crippen molar-refractivity contribution in [2.45, 2.75) is 51.6 Å². The summed E-state index contributed by atoms with van der Waals surface area (Å²) in [6.07, 6.45) is 0.688. The second-order valence-electron chi connectivity index (χ2n) is 7.87. The molecule has 2 aliphatic rings. The van der Waals surface area contributed by atoms with Crippen molar-refractivity contribution < 1.29 is 9.13 Å². The van der Waals surface area contributed by atoms with E-state index < -0.39 is 6.17 Å². The van der Waals surface area contributed by atoms with Crippen molar-refractivity contribution in [2.24, 2.45) is 0 Å². The van der Waals surface area contributed by atoms with Gasteiger partial charge in [0.05, 0.1) is 11.6 Å². The van der Waals surface area contributed by atoms with E-state index in [1.807, 2.05) is 25.1 Å². The number of alkyl halides is 1. The molecule has 1 saturated carbocycles. The fourth-order valence-electron chi connectivity index (χ4n) is 3.99. The molecule has 1 N–H and O–H groups in total. The van der Waals surface area contributed by atoms with E-state index in [0.717, 1.165) is 28.9 Å². The van der Waals surface area contributed by atoms with Crippen molar-refractivity contribution in [2.75, 3.05) is 18.4 Å². The van der Waals surface area contributed by atoms with Crippen LogP contribution in [0.1, 0.15) is 40.8 Å². The van der Waals surface area contributed by atoms with E-state index in [-0.39, 0.29) is 17.8 Å². The number of halogens is 2. The molecule has 0 radical (unpaired) electrons. The number of nitrogens with zero attached hydrogens (tertiary/aromatic N) is 5. The van der Waals surface area contributed by atoms with Gasteiger partial charge in [-0.1, -0.05) is 17.7 Å². The minimum Gasteiger partial charge on any atom is -0.474 e. The smallest absolute Gasteiger partial charge is 0.213 e. The Kier molecular flexibility index (Phi) is 6.22. The lowest BCUT2D eigenvalue weighted by Crippen LogP contribution is -2.35. The average Bonchev–Trinajstić information content (AvgIpc) is 2.73. The van der Waals surface area contributed by atoms with Crippen LogP contribution in [0.4, 0.5) is 10.2 Å². The first-order valence-electron chi connectivity index (χ1n) is 10.2. The molecular weight excluding hydrogens is 419 g/mol. The van der Waals surface area contributed by atoms with Crippen molar-refractivity contribution in [3.8, 4) is 18.0 Å². The number of nitrogens with one attached hydrogen (secondary N) is 1. The van der Waals surface area contributed by atoms with E-state index in [0.29, 0.717) is 49.6 Å². The Morgan fingerprint density at radius 3 is 2.77 bits per heavy atom. The maximum atomic E-state index is 13.0. The largest absolute Gasteiger partial charge is 0.474 e. The van der Waals surface area contributed by atoms with Crippen LogP contribution in [-0.2, 0) is 19.5 Å². The van der Waals surface area contributed by atoms with E-state index in [9.17, 15) is 9.65 Å². The first-order valence-corrected chi connectivity index (χ1v) is 10.6. The quantitative estimate of drug-likeness (QED) is 0.540. The number of rotatable bonds is 6. The highest BCUT2D eigenvalue weighted by Gasteiger charge is 2.31. The number of anilines is 1. The van der Waals surface area contributed by atoms with Gasteiger partial charge in [-0.3, -0.25) is 4.90 Å². The molecule has 2 aromatic heterocycles. The molecule has 1 aliphatic carbocycles. The van der Waals surface area contributed by atoms with Crippen LogP contribution >= 0.6 is 11.6 Å². The molecule has 3 heterocycles. The lowest BCUT2D eigenvalue weighted by Gasteiger charge is -2.31. The summed E-state index contributed by atoms with van der Waals surface area (Å²) >= 11 is 6.19. The molecule has 9 heteroatoms. The molecule has 0 atom stereocenters. The Balaban J connectivity index is 1.50. The fraction of sp³-hybridized carbons (Fsp3) is 0.455. The maximum Gasteiger partial charge on any atom is 0.213 e. The second kappa shape index (κ2) is 9.05. The molecule has 2 aromatic rings. The van der Waals surface area contributed by atoms with Crippen LogP contribution in [-0.4, -0.2) is 40.2 Å². The Morgan fingerprint density at radius 2 is 2.10 bits per heavy atom. The Morgan fingerprint density at radius 1 is 1.29 bits per heavy atom. The summed E-state index contributed by atoms with van der Waals surface area (Å²) in [5.41, 5.74) is 4.14. The summed E-state index contributed by atoms with van der Waals surface area (Å²) in [6.45, 7) is 4.07. The van der Waals surface area contributed by atoms with Crippen LogP contribution in [0, 0.1) is 29.6 Å². The Bertz CT molecular complexity index is 1070. The number of hydrogen-bond donors (Lipinski definition) is 1. The third kappa shape index (κ3) is 4.56. The molecule has 1 aliphatic heterocycles. The monoisotopic (exact) mass is 440 g/mol. The van der Waals surface area contributed by atoms with E-state index in [1.54, 1.807) is 0 Å². The molecule has 0 bridgehead atoms. The van der Waals surface area contributed by atoms with Crippen molar-refractivity contribution in [1.82, 2.24) is 14.9 Å². The normalized spacial score (nSPS) is 20.2. The van der Waals surface area contributed by atoms with E-state index >= 15 is 0 Å². The SMILES string of the molecule is Cc1nc(O[C@H]2C[C@@H](F)C2)ccc1CN1CCc2c(C#N)c(Cl)nc(NCC#N)c2C1. The average molecular weight is 441 g/mol. The predicted octanol–water partition coefficient (Wildman–Crippen LogP) is 3.68. The minimum atomic E-state index is -0.759. The summed E-state index contributed by atoms with van der Waals surface area (Å²) in [4.78, 5) is 11.1. The minimum absolute atomic E-state index is 0.0840. The van der Waals surface area contributed by atoms with Crippen molar-refractivity contribution in [3.05, 3.63) is 45.2 Å². The number of hydrogen-bond acceptors (Lipinski definition) is 7. The number of nitriles is 2. The van der Waals surface area contributed by atoms with Crippen molar-refractivity contribution >= 4 is 17.4 Å². The van der Waals surface area contributed by atoms with Crippen LogP contribution in [0.3, 0.4) is 0 Å². The van der Waals surface area contributed by atoms with Gasteiger partial charge in [0.1, 0.15) is 35.9 Å². The number of pyridine rings is 2. The molecule has 160 valence electrons. The van der Waals surface area contributed by atoms with Crippen molar-refractivity contribution in [3.63, 3.8) is 0 Å². The zero-order valence-corrected chi connectivity index (χ0v) is 17.9. The highest BCUT2D eigenvalue weighted by molar-refractivity contribution is 6.30. The first-order chi connectivity index (χ1) is 15.0. The summed E-state index contributed by atoms with van der Waals surface area (Å²) in [6, 6.07) is 8.04. The second-order valence-corrected chi connectivity index (χ2v) is 8.23. The summed E-state index contributed by atoms with van der Waals surface area (Å²) in [5.74, 6) is 1.08. The zero-order valence-electron chi connectivity index (χ0n) is 17.2. The Hall–Kier alpha value is -2.94. The van der Waals surface area contributed by atoms with Gasteiger partial charge < -0.3 is 10.1 Å². The van der Waals surface area contributed by atoms with Crippen LogP contribution in [0.25, 0.3) is 0 Å². The number of fused-ring (bicyclic) bond motifs is 1. The first kappa shape index (κ1) is 21.3. The summed E-state index contributed by atoms with van der Waals surface area (Å²) in [5, 5.41) is 21.6. The zero-order chi connectivity index (χ0) is 22.0. The van der Waals surface area contributed by atoms with Gasteiger partial charge in [0.2, 0.25) is 5.88 Å².